The van der Waals surface area contributed by atoms with Gasteiger partial charge in [-0.2, -0.15) is 0 Å². The maximum Gasteiger partial charge on any atom is 0.229 e. The molecule has 0 spiro atoms. The molecule has 0 fully saturated rings. The number of hydrogen-bond donors (Lipinski definition) is 2. The van der Waals surface area contributed by atoms with Crippen LogP contribution in [0.3, 0.4) is 0 Å². The second-order valence-electron chi connectivity index (χ2n) is 7.69. The zero-order valence-corrected chi connectivity index (χ0v) is 17.5. The zero-order valence-electron chi connectivity index (χ0n) is 16.7. The van der Waals surface area contributed by atoms with Crippen LogP contribution in [0.5, 0.6) is 0 Å². The molecule has 27 heavy (non-hydrogen) atoms. The zero-order chi connectivity index (χ0) is 20.0. The van der Waals surface area contributed by atoms with Gasteiger partial charge in [0.2, 0.25) is 11.8 Å². The highest BCUT2D eigenvalue weighted by Crippen LogP contribution is 2.24. The van der Waals surface area contributed by atoms with Crippen LogP contribution in [0.25, 0.3) is 0 Å². The van der Waals surface area contributed by atoms with E-state index in [1.54, 1.807) is 11.8 Å². The van der Waals surface area contributed by atoms with Gasteiger partial charge in [-0.15, -0.1) is 11.8 Å². The van der Waals surface area contributed by atoms with Gasteiger partial charge in [-0.3, -0.25) is 9.59 Å². The summed E-state index contributed by atoms with van der Waals surface area (Å²) in [6.07, 6.45) is 0.427. The fourth-order valence-corrected chi connectivity index (χ4v) is 3.12. The molecule has 2 N–H and O–H groups in total. The monoisotopic (exact) mass is 384 g/mol. The molecule has 144 valence electrons. The summed E-state index contributed by atoms with van der Waals surface area (Å²) in [5.41, 5.74) is 3.13. The highest BCUT2D eigenvalue weighted by atomic mass is 32.2. The van der Waals surface area contributed by atoms with Gasteiger partial charge in [0, 0.05) is 33.9 Å². The number of rotatable bonds is 6. The first-order chi connectivity index (χ1) is 12.6. The SMILES string of the molecule is Cc1ccc(SCCC(=O)Nc2ccc(C)c(NC(=O)C(C)(C)C)c2)cc1. The quantitative estimate of drug-likeness (QED) is 0.655. The highest BCUT2D eigenvalue weighted by molar-refractivity contribution is 7.99. The minimum atomic E-state index is -0.473. The van der Waals surface area contributed by atoms with E-state index in [-0.39, 0.29) is 11.8 Å². The normalized spacial score (nSPS) is 11.1. The summed E-state index contributed by atoms with van der Waals surface area (Å²) in [5, 5.41) is 5.85. The maximum absolute atomic E-state index is 12.2. The summed E-state index contributed by atoms with van der Waals surface area (Å²) in [6.45, 7) is 9.60. The summed E-state index contributed by atoms with van der Waals surface area (Å²) in [5.74, 6) is 0.629. The van der Waals surface area contributed by atoms with Crippen LogP contribution in [0.15, 0.2) is 47.4 Å². The number of thioether (sulfide) groups is 1. The van der Waals surface area contributed by atoms with Crippen molar-refractivity contribution in [3.63, 3.8) is 0 Å². The van der Waals surface area contributed by atoms with Crippen LogP contribution >= 0.6 is 11.8 Å². The van der Waals surface area contributed by atoms with Crippen LogP contribution in [0.1, 0.15) is 38.3 Å². The van der Waals surface area contributed by atoms with E-state index >= 15 is 0 Å². The number of amides is 2. The Morgan fingerprint density at radius 1 is 0.963 bits per heavy atom. The number of benzene rings is 2. The minimum Gasteiger partial charge on any atom is -0.326 e. The van der Waals surface area contributed by atoms with Crippen molar-refractivity contribution in [2.45, 2.75) is 45.9 Å². The van der Waals surface area contributed by atoms with E-state index in [0.717, 1.165) is 16.1 Å². The smallest absolute Gasteiger partial charge is 0.229 e. The van der Waals surface area contributed by atoms with E-state index in [0.29, 0.717) is 17.9 Å². The first-order valence-electron chi connectivity index (χ1n) is 9.06. The fourth-order valence-electron chi connectivity index (χ4n) is 2.26. The number of carbonyl (C=O) groups is 2. The summed E-state index contributed by atoms with van der Waals surface area (Å²) < 4.78 is 0. The van der Waals surface area contributed by atoms with Crippen molar-refractivity contribution in [1.29, 1.82) is 0 Å². The van der Waals surface area contributed by atoms with Crippen molar-refractivity contribution in [2.24, 2.45) is 5.41 Å². The first-order valence-corrected chi connectivity index (χ1v) is 10.0. The lowest BCUT2D eigenvalue weighted by molar-refractivity contribution is -0.123. The Kier molecular flexibility index (Phi) is 7.08. The van der Waals surface area contributed by atoms with E-state index in [9.17, 15) is 9.59 Å². The first kappa shape index (κ1) is 21.0. The lowest BCUT2D eigenvalue weighted by atomic mass is 9.95. The molecule has 0 aromatic heterocycles. The fraction of sp³-hybridized carbons (Fsp3) is 0.364. The van der Waals surface area contributed by atoms with E-state index < -0.39 is 5.41 Å². The second kappa shape index (κ2) is 9.09. The standard InChI is InChI=1S/C22H28N2O2S/c1-15-6-10-18(11-7-15)27-13-12-20(25)23-17-9-8-16(2)19(14-17)24-21(26)22(3,4)5/h6-11,14H,12-13H2,1-5H3,(H,23,25)(H,24,26). The summed E-state index contributed by atoms with van der Waals surface area (Å²) >= 11 is 1.67. The molecule has 0 saturated carbocycles. The molecule has 0 bridgehead atoms. The van der Waals surface area contributed by atoms with Gasteiger partial charge in [0.1, 0.15) is 0 Å². The topological polar surface area (TPSA) is 58.2 Å². The van der Waals surface area contributed by atoms with Crippen LogP contribution in [0, 0.1) is 19.3 Å². The number of hydrogen-bond acceptors (Lipinski definition) is 3. The van der Waals surface area contributed by atoms with Crippen molar-refractivity contribution in [3.8, 4) is 0 Å². The molecule has 4 nitrogen and oxygen atoms in total. The Labute approximate surface area is 166 Å². The van der Waals surface area contributed by atoms with Crippen molar-refractivity contribution < 1.29 is 9.59 Å². The van der Waals surface area contributed by atoms with Crippen molar-refractivity contribution >= 4 is 35.0 Å². The molecule has 0 aliphatic heterocycles. The van der Waals surface area contributed by atoms with Crippen molar-refractivity contribution in [1.82, 2.24) is 0 Å². The minimum absolute atomic E-state index is 0.0356. The third-order valence-corrected chi connectivity index (χ3v) is 5.08. The van der Waals surface area contributed by atoms with Gasteiger partial charge in [0.25, 0.3) is 0 Å². The van der Waals surface area contributed by atoms with Gasteiger partial charge in [-0.1, -0.05) is 44.5 Å². The molecule has 0 aliphatic carbocycles. The van der Waals surface area contributed by atoms with Crippen molar-refractivity contribution in [2.75, 3.05) is 16.4 Å². The van der Waals surface area contributed by atoms with Gasteiger partial charge in [-0.05, 0) is 43.7 Å². The van der Waals surface area contributed by atoms with Crippen molar-refractivity contribution in [3.05, 3.63) is 53.6 Å². The Morgan fingerprint density at radius 3 is 2.26 bits per heavy atom. The number of aryl methyl sites for hydroxylation is 2. The van der Waals surface area contributed by atoms with Gasteiger partial charge in [-0.25, -0.2) is 0 Å². The number of carbonyl (C=O) groups excluding carboxylic acids is 2. The molecule has 0 saturated heterocycles. The predicted octanol–water partition coefficient (Wildman–Crippen LogP) is 5.41. The summed E-state index contributed by atoms with van der Waals surface area (Å²) in [7, 11) is 0. The molecule has 5 heteroatoms. The molecule has 2 aromatic carbocycles. The lowest BCUT2D eigenvalue weighted by Gasteiger charge is -2.19. The molecule has 2 rings (SSSR count). The van der Waals surface area contributed by atoms with Crippen LogP contribution in [0.4, 0.5) is 11.4 Å². The van der Waals surface area contributed by atoms with Gasteiger partial charge >= 0.3 is 0 Å². The maximum atomic E-state index is 12.2. The average molecular weight is 385 g/mol. The molecule has 2 aromatic rings. The molecule has 2 amide bonds. The Balaban J connectivity index is 1.90. The van der Waals surface area contributed by atoms with Crippen LogP contribution in [-0.4, -0.2) is 17.6 Å². The van der Waals surface area contributed by atoms with E-state index in [1.165, 1.54) is 5.56 Å². The summed E-state index contributed by atoms with van der Waals surface area (Å²) in [6, 6.07) is 13.8. The molecule has 0 heterocycles. The molecular weight excluding hydrogens is 356 g/mol. The summed E-state index contributed by atoms with van der Waals surface area (Å²) in [4.78, 5) is 25.6. The largest absolute Gasteiger partial charge is 0.326 e. The Bertz CT molecular complexity index is 808. The lowest BCUT2D eigenvalue weighted by Crippen LogP contribution is -2.28. The highest BCUT2D eigenvalue weighted by Gasteiger charge is 2.21. The third kappa shape index (κ3) is 6.75. The molecular formula is C22H28N2O2S. The molecule has 0 radical (unpaired) electrons. The van der Waals surface area contributed by atoms with Crippen LogP contribution in [0.2, 0.25) is 0 Å². The number of anilines is 2. The van der Waals surface area contributed by atoms with Crippen LogP contribution < -0.4 is 10.6 Å². The molecule has 0 atom stereocenters. The van der Waals surface area contributed by atoms with E-state index in [2.05, 4.69) is 41.8 Å². The average Bonchev–Trinajstić information content (AvgIpc) is 2.58. The van der Waals surface area contributed by atoms with E-state index in [1.807, 2.05) is 45.9 Å². The number of nitrogens with one attached hydrogen (secondary N) is 2. The second-order valence-corrected chi connectivity index (χ2v) is 8.86. The Morgan fingerprint density at radius 2 is 1.63 bits per heavy atom. The van der Waals surface area contributed by atoms with Gasteiger partial charge in [0.05, 0.1) is 0 Å². The van der Waals surface area contributed by atoms with Gasteiger partial charge in [0.15, 0.2) is 0 Å². The molecule has 0 unspecified atom stereocenters. The van der Waals surface area contributed by atoms with E-state index in [4.69, 9.17) is 0 Å². The third-order valence-electron chi connectivity index (χ3n) is 4.07. The molecule has 0 aliphatic rings. The predicted molar refractivity (Wildman–Crippen MR) is 114 cm³/mol. The Hall–Kier alpha value is -2.27. The van der Waals surface area contributed by atoms with Crippen LogP contribution in [-0.2, 0) is 9.59 Å². The van der Waals surface area contributed by atoms with Gasteiger partial charge < -0.3 is 10.6 Å².